The lowest BCUT2D eigenvalue weighted by Gasteiger charge is -2.37. The first-order chi connectivity index (χ1) is 8.72. The van der Waals surface area contributed by atoms with Gasteiger partial charge in [0.05, 0.1) is 0 Å². The number of aryl methyl sites for hydroxylation is 1. The maximum atomic E-state index is 5.91. The van der Waals surface area contributed by atoms with Gasteiger partial charge >= 0.3 is 0 Å². The second-order valence-electron chi connectivity index (χ2n) is 5.52. The highest BCUT2D eigenvalue weighted by Gasteiger charge is 2.26. The van der Waals surface area contributed by atoms with Crippen molar-refractivity contribution >= 4 is 0 Å². The topological polar surface area (TPSA) is 47.1 Å². The van der Waals surface area contributed by atoms with Crippen LogP contribution in [0.5, 0.6) is 0 Å². The Morgan fingerprint density at radius 1 is 1.44 bits per heavy atom. The molecule has 2 rings (SSSR count). The second kappa shape index (κ2) is 6.34. The molecular formula is C14H26N4. The fourth-order valence-corrected chi connectivity index (χ4v) is 3.15. The predicted molar refractivity (Wildman–Crippen MR) is 74.3 cm³/mol. The molecule has 4 heteroatoms. The quantitative estimate of drug-likeness (QED) is 0.859. The first-order valence-electron chi connectivity index (χ1n) is 7.09. The summed E-state index contributed by atoms with van der Waals surface area (Å²) >= 11 is 0. The van der Waals surface area contributed by atoms with Crippen LogP contribution in [-0.4, -0.2) is 40.9 Å². The fraction of sp³-hybridized carbons (Fsp3) is 0.786. The summed E-state index contributed by atoms with van der Waals surface area (Å²) in [7, 11) is 4.26. The molecule has 2 atom stereocenters. The molecule has 0 aliphatic heterocycles. The summed E-state index contributed by atoms with van der Waals surface area (Å²) in [5, 5.41) is 4.22. The van der Waals surface area contributed by atoms with Crippen molar-refractivity contribution in [2.45, 2.75) is 38.1 Å². The normalized spacial score (nSPS) is 24.7. The third-order valence-electron chi connectivity index (χ3n) is 4.38. The van der Waals surface area contributed by atoms with E-state index in [4.69, 9.17) is 5.73 Å². The Labute approximate surface area is 110 Å². The van der Waals surface area contributed by atoms with E-state index in [1.165, 1.54) is 31.4 Å². The van der Waals surface area contributed by atoms with Gasteiger partial charge in [0.15, 0.2) is 0 Å². The summed E-state index contributed by atoms with van der Waals surface area (Å²) in [6, 6.07) is 2.78. The summed E-state index contributed by atoms with van der Waals surface area (Å²) in [6.07, 6.45) is 8.27. The second-order valence-corrected chi connectivity index (χ2v) is 5.52. The van der Waals surface area contributed by atoms with Crippen LogP contribution in [0.2, 0.25) is 0 Å². The lowest BCUT2D eigenvalue weighted by molar-refractivity contribution is 0.134. The van der Waals surface area contributed by atoms with Crippen LogP contribution in [0.1, 0.15) is 31.4 Å². The molecule has 2 unspecified atom stereocenters. The van der Waals surface area contributed by atoms with Gasteiger partial charge in [-0.25, -0.2) is 0 Å². The minimum Gasteiger partial charge on any atom is -0.330 e. The fourth-order valence-electron chi connectivity index (χ4n) is 3.15. The van der Waals surface area contributed by atoms with E-state index in [1.807, 2.05) is 17.9 Å². The summed E-state index contributed by atoms with van der Waals surface area (Å²) in [6.45, 7) is 1.93. The van der Waals surface area contributed by atoms with E-state index in [2.05, 4.69) is 23.1 Å². The van der Waals surface area contributed by atoms with Crippen LogP contribution in [-0.2, 0) is 13.5 Å². The third-order valence-corrected chi connectivity index (χ3v) is 4.38. The molecule has 0 bridgehead atoms. The lowest BCUT2D eigenvalue weighted by atomic mass is 9.83. The van der Waals surface area contributed by atoms with Crippen LogP contribution in [0.15, 0.2) is 12.3 Å². The Morgan fingerprint density at radius 3 is 2.89 bits per heavy atom. The molecule has 1 aromatic rings. The van der Waals surface area contributed by atoms with E-state index < -0.39 is 0 Å². The van der Waals surface area contributed by atoms with Gasteiger partial charge < -0.3 is 10.6 Å². The van der Waals surface area contributed by atoms with Crippen molar-refractivity contribution in [1.29, 1.82) is 0 Å². The number of nitrogens with two attached hydrogens (primary N) is 1. The van der Waals surface area contributed by atoms with Gasteiger partial charge in [-0.05, 0) is 38.4 Å². The molecule has 18 heavy (non-hydrogen) atoms. The van der Waals surface area contributed by atoms with E-state index in [0.717, 1.165) is 19.5 Å². The molecule has 0 aromatic carbocycles. The number of nitrogens with zero attached hydrogens (tertiary/aromatic N) is 3. The molecular weight excluding hydrogens is 224 g/mol. The highest BCUT2D eigenvalue weighted by Crippen LogP contribution is 2.27. The molecule has 1 saturated carbocycles. The van der Waals surface area contributed by atoms with Crippen LogP contribution in [0.3, 0.4) is 0 Å². The van der Waals surface area contributed by atoms with Gasteiger partial charge in [-0.3, -0.25) is 4.68 Å². The first kappa shape index (κ1) is 13.6. The van der Waals surface area contributed by atoms with Gasteiger partial charge in [-0.1, -0.05) is 12.8 Å². The van der Waals surface area contributed by atoms with Crippen molar-refractivity contribution in [2.24, 2.45) is 18.7 Å². The van der Waals surface area contributed by atoms with E-state index in [0.29, 0.717) is 12.0 Å². The maximum absolute atomic E-state index is 5.91. The molecule has 102 valence electrons. The van der Waals surface area contributed by atoms with Crippen molar-refractivity contribution in [3.8, 4) is 0 Å². The molecule has 1 fully saturated rings. The first-order valence-corrected chi connectivity index (χ1v) is 7.09. The van der Waals surface area contributed by atoms with E-state index >= 15 is 0 Å². The van der Waals surface area contributed by atoms with Crippen molar-refractivity contribution in [3.05, 3.63) is 18.0 Å². The largest absolute Gasteiger partial charge is 0.330 e. The average molecular weight is 250 g/mol. The number of rotatable bonds is 5. The number of aromatic nitrogens is 2. The summed E-state index contributed by atoms with van der Waals surface area (Å²) in [5.74, 6) is 0.690. The van der Waals surface area contributed by atoms with Gasteiger partial charge in [0, 0.05) is 37.9 Å². The highest BCUT2D eigenvalue weighted by atomic mass is 15.3. The molecule has 1 aliphatic rings. The minimum absolute atomic E-state index is 0.678. The lowest BCUT2D eigenvalue weighted by Crippen LogP contribution is -2.43. The van der Waals surface area contributed by atoms with Gasteiger partial charge in [0.25, 0.3) is 0 Å². The minimum atomic E-state index is 0.678. The van der Waals surface area contributed by atoms with Crippen LogP contribution in [0.4, 0.5) is 0 Å². The molecule has 4 nitrogen and oxygen atoms in total. The van der Waals surface area contributed by atoms with E-state index in [1.54, 1.807) is 0 Å². The van der Waals surface area contributed by atoms with Crippen molar-refractivity contribution in [1.82, 2.24) is 14.7 Å². The maximum Gasteiger partial charge on any atom is 0.0492 e. The van der Waals surface area contributed by atoms with Gasteiger partial charge in [-0.15, -0.1) is 0 Å². The van der Waals surface area contributed by atoms with Gasteiger partial charge in [0.2, 0.25) is 0 Å². The number of hydrogen-bond acceptors (Lipinski definition) is 3. The molecule has 0 amide bonds. The number of likely N-dealkylation sites (N-methyl/N-ethyl adjacent to an activating group) is 1. The standard InChI is InChI=1S/C14H26N4/c1-17(10-8-13-7-9-16-18(13)2)14-6-4-3-5-12(14)11-15/h7,9,12,14H,3-6,8,10-11,15H2,1-2H3. The summed E-state index contributed by atoms with van der Waals surface area (Å²) < 4.78 is 1.97. The molecule has 2 N–H and O–H groups in total. The Balaban J connectivity index is 1.86. The molecule has 0 spiro atoms. The van der Waals surface area contributed by atoms with E-state index in [9.17, 15) is 0 Å². The van der Waals surface area contributed by atoms with Crippen LogP contribution >= 0.6 is 0 Å². The highest BCUT2D eigenvalue weighted by molar-refractivity contribution is 5.00. The third kappa shape index (κ3) is 3.12. The van der Waals surface area contributed by atoms with E-state index in [-0.39, 0.29) is 0 Å². The summed E-state index contributed by atoms with van der Waals surface area (Å²) in [4.78, 5) is 2.50. The zero-order chi connectivity index (χ0) is 13.0. The molecule has 1 aromatic heterocycles. The zero-order valence-corrected chi connectivity index (χ0v) is 11.7. The smallest absolute Gasteiger partial charge is 0.0492 e. The Bertz CT molecular complexity index is 360. The SMILES string of the molecule is CN(CCc1ccnn1C)C1CCCCC1CN. The van der Waals surface area contributed by atoms with Crippen LogP contribution in [0, 0.1) is 5.92 Å². The van der Waals surface area contributed by atoms with Crippen LogP contribution < -0.4 is 5.73 Å². The number of hydrogen-bond donors (Lipinski definition) is 1. The average Bonchev–Trinajstić information content (AvgIpc) is 2.81. The molecule has 1 aliphatic carbocycles. The van der Waals surface area contributed by atoms with Crippen molar-refractivity contribution in [2.75, 3.05) is 20.1 Å². The zero-order valence-electron chi connectivity index (χ0n) is 11.7. The molecule has 0 saturated heterocycles. The van der Waals surface area contributed by atoms with Gasteiger partial charge in [-0.2, -0.15) is 5.10 Å². The summed E-state index contributed by atoms with van der Waals surface area (Å²) in [5.41, 5.74) is 7.21. The van der Waals surface area contributed by atoms with Gasteiger partial charge in [0.1, 0.15) is 0 Å². The van der Waals surface area contributed by atoms with Crippen molar-refractivity contribution in [3.63, 3.8) is 0 Å². The monoisotopic (exact) mass is 250 g/mol. The van der Waals surface area contributed by atoms with Crippen molar-refractivity contribution < 1.29 is 0 Å². The van der Waals surface area contributed by atoms with Crippen LogP contribution in [0.25, 0.3) is 0 Å². The Morgan fingerprint density at radius 2 is 2.22 bits per heavy atom. The predicted octanol–water partition coefficient (Wildman–Crippen LogP) is 1.41. The Hall–Kier alpha value is -0.870. The molecule has 1 heterocycles. The Kier molecular flexibility index (Phi) is 4.78. The molecule has 0 radical (unpaired) electrons.